The first kappa shape index (κ1) is 18.1. The van der Waals surface area contributed by atoms with Crippen molar-refractivity contribution >= 4 is 11.6 Å². The summed E-state index contributed by atoms with van der Waals surface area (Å²) in [4.78, 5) is 4.28. The van der Waals surface area contributed by atoms with Gasteiger partial charge in [0.2, 0.25) is 5.88 Å². The lowest BCUT2D eigenvalue weighted by molar-refractivity contribution is 0.303. The summed E-state index contributed by atoms with van der Waals surface area (Å²) in [6.07, 6.45) is 1.63. The summed E-state index contributed by atoms with van der Waals surface area (Å²) in [5.41, 5.74) is 2.58. The molecule has 0 atom stereocenters. The van der Waals surface area contributed by atoms with Gasteiger partial charge >= 0.3 is 0 Å². The molecule has 0 aliphatic heterocycles. The summed E-state index contributed by atoms with van der Waals surface area (Å²) in [6.45, 7) is 2.22. The maximum Gasteiger partial charge on any atom is 0.219 e. The molecule has 0 radical (unpaired) electrons. The van der Waals surface area contributed by atoms with Crippen LogP contribution in [-0.4, -0.2) is 14.8 Å². The minimum atomic E-state index is 0.304. The Kier molecular flexibility index (Phi) is 5.26. The van der Waals surface area contributed by atoms with Crippen molar-refractivity contribution in [3.05, 3.63) is 95.4 Å². The van der Waals surface area contributed by atoms with Gasteiger partial charge in [0.15, 0.2) is 0 Å². The van der Waals surface area contributed by atoms with Gasteiger partial charge < -0.3 is 9.47 Å². The molecule has 0 amide bonds. The Bertz CT molecular complexity index is 1050. The topological polar surface area (TPSA) is 49.2 Å². The summed E-state index contributed by atoms with van der Waals surface area (Å²) in [5, 5.41) is 5.07. The fraction of sp³-hybridized carbons (Fsp3) is 0.0909. The zero-order chi connectivity index (χ0) is 19.3. The molecule has 2 aromatic carbocycles. The number of rotatable bonds is 6. The summed E-state index contributed by atoms with van der Waals surface area (Å²) in [5.74, 6) is 1.87. The van der Waals surface area contributed by atoms with Gasteiger partial charge in [-0.2, -0.15) is 5.10 Å². The highest BCUT2D eigenvalue weighted by Gasteiger charge is 2.15. The Labute approximate surface area is 168 Å². The highest BCUT2D eigenvalue weighted by Crippen LogP contribution is 2.26. The minimum Gasteiger partial charge on any atom is -0.487 e. The van der Waals surface area contributed by atoms with E-state index in [9.17, 15) is 0 Å². The van der Waals surface area contributed by atoms with Gasteiger partial charge in [0.25, 0.3) is 0 Å². The summed E-state index contributed by atoms with van der Waals surface area (Å²) in [6, 6.07) is 22.9. The van der Waals surface area contributed by atoms with E-state index in [1.807, 2.05) is 73.7 Å². The Morgan fingerprint density at radius 1 is 0.893 bits per heavy atom. The fourth-order valence-electron chi connectivity index (χ4n) is 2.71. The first-order chi connectivity index (χ1) is 13.7. The number of aryl methyl sites for hydroxylation is 1. The number of hydrogen-bond acceptors (Lipinski definition) is 4. The van der Waals surface area contributed by atoms with Crippen LogP contribution in [-0.2, 0) is 6.61 Å². The molecule has 0 aliphatic rings. The normalized spacial score (nSPS) is 10.6. The number of para-hydroxylation sites is 2. The summed E-state index contributed by atoms with van der Waals surface area (Å²) in [7, 11) is 0. The minimum absolute atomic E-state index is 0.304. The Morgan fingerprint density at radius 3 is 2.29 bits per heavy atom. The van der Waals surface area contributed by atoms with Crippen LogP contribution >= 0.6 is 11.6 Å². The van der Waals surface area contributed by atoms with E-state index in [1.165, 1.54) is 0 Å². The van der Waals surface area contributed by atoms with Gasteiger partial charge in [0.05, 0.1) is 17.6 Å². The maximum atomic E-state index is 6.53. The first-order valence-corrected chi connectivity index (χ1v) is 9.19. The number of pyridine rings is 1. The Balaban J connectivity index is 1.44. The van der Waals surface area contributed by atoms with Gasteiger partial charge in [-0.1, -0.05) is 48.0 Å². The molecule has 0 N–H and O–H groups in total. The van der Waals surface area contributed by atoms with Crippen LogP contribution in [0.5, 0.6) is 17.4 Å². The van der Waals surface area contributed by atoms with Gasteiger partial charge in [-0.25, -0.2) is 9.67 Å². The molecule has 0 saturated carbocycles. The van der Waals surface area contributed by atoms with Gasteiger partial charge in [0, 0.05) is 11.6 Å². The zero-order valence-electron chi connectivity index (χ0n) is 15.2. The SMILES string of the molecule is Cc1nn(-c2ccccc2)c(Cl)c1COc1ccc(Oc2ccccc2)nc1. The second-order valence-corrected chi connectivity index (χ2v) is 6.50. The molecule has 28 heavy (non-hydrogen) atoms. The molecule has 4 aromatic rings. The number of ether oxygens (including phenoxy) is 2. The standard InChI is InChI=1S/C22H18ClN3O2/c1-16-20(22(23)26(25-16)17-8-4-2-5-9-17)15-27-19-12-13-21(24-14-19)28-18-10-6-3-7-11-18/h2-14H,15H2,1H3. The molecule has 0 spiro atoms. The predicted octanol–water partition coefficient (Wildman–Crippen LogP) is 5.60. The lowest BCUT2D eigenvalue weighted by Crippen LogP contribution is -1.99. The number of halogens is 1. The number of aromatic nitrogens is 3. The van der Waals surface area contributed by atoms with Crippen molar-refractivity contribution < 1.29 is 9.47 Å². The Morgan fingerprint density at radius 2 is 1.61 bits per heavy atom. The quantitative estimate of drug-likeness (QED) is 0.429. The molecule has 0 aliphatic carbocycles. The number of benzene rings is 2. The van der Waals surface area contributed by atoms with E-state index in [0.29, 0.717) is 23.4 Å². The first-order valence-electron chi connectivity index (χ1n) is 8.82. The molecule has 0 bridgehead atoms. The van der Waals surface area contributed by atoms with Gasteiger partial charge in [-0.3, -0.25) is 0 Å². The third-order valence-electron chi connectivity index (χ3n) is 4.18. The summed E-state index contributed by atoms with van der Waals surface area (Å²) >= 11 is 6.53. The molecular weight excluding hydrogens is 374 g/mol. The average Bonchev–Trinajstić information content (AvgIpc) is 3.02. The molecule has 0 fully saturated rings. The molecule has 0 saturated heterocycles. The highest BCUT2D eigenvalue weighted by atomic mass is 35.5. The number of nitrogens with zero attached hydrogens (tertiary/aromatic N) is 3. The second-order valence-electron chi connectivity index (χ2n) is 6.14. The molecule has 6 heteroatoms. The van der Waals surface area contributed by atoms with Gasteiger partial charge in [-0.15, -0.1) is 0 Å². The van der Waals surface area contributed by atoms with Gasteiger partial charge in [0.1, 0.15) is 23.3 Å². The zero-order valence-corrected chi connectivity index (χ0v) is 16.0. The van der Waals surface area contributed by atoms with E-state index in [0.717, 1.165) is 22.7 Å². The van der Waals surface area contributed by atoms with Crippen LogP contribution in [0.4, 0.5) is 0 Å². The molecule has 2 aromatic heterocycles. The van der Waals surface area contributed by atoms with E-state index in [4.69, 9.17) is 21.1 Å². The van der Waals surface area contributed by atoms with E-state index in [2.05, 4.69) is 10.1 Å². The smallest absolute Gasteiger partial charge is 0.219 e. The summed E-state index contributed by atoms with van der Waals surface area (Å²) < 4.78 is 13.3. The van der Waals surface area contributed by atoms with E-state index >= 15 is 0 Å². The van der Waals surface area contributed by atoms with Crippen LogP contribution in [0.25, 0.3) is 5.69 Å². The lowest BCUT2D eigenvalue weighted by atomic mass is 10.3. The average molecular weight is 392 g/mol. The van der Waals surface area contributed by atoms with Crippen LogP contribution in [0.15, 0.2) is 79.0 Å². The molecule has 0 unspecified atom stereocenters. The third kappa shape index (κ3) is 4.00. The maximum absolute atomic E-state index is 6.53. The van der Waals surface area contributed by atoms with Crippen molar-refractivity contribution in [1.82, 2.24) is 14.8 Å². The largest absolute Gasteiger partial charge is 0.487 e. The van der Waals surface area contributed by atoms with Crippen molar-refractivity contribution in [2.75, 3.05) is 0 Å². The monoisotopic (exact) mass is 391 g/mol. The van der Waals surface area contributed by atoms with Gasteiger partial charge in [-0.05, 0) is 37.3 Å². The van der Waals surface area contributed by atoms with Crippen molar-refractivity contribution in [3.63, 3.8) is 0 Å². The van der Waals surface area contributed by atoms with Crippen LogP contribution in [0, 0.1) is 6.92 Å². The second kappa shape index (κ2) is 8.15. The lowest BCUT2D eigenvalue weighted by Gasteiger charge is -2.08. The Hall–Kier alpha value is -3.31. The predicted molar refractivity (Wildman–Crippen MR) is 108 cm³/mol. The van der Waals surface area contributed by atoms with Crippen molar-refractivity contribution in [1.29, 1.82) is 0 Å². The molecule has 4 rings (SSSR count). The molecule has 140 valence electrons. The van der Waals surface area contributed by atoms with Crippen LogP contribution in [0.2, 0.25) is 5.15 Å². The third-order valence-corrected chi connectivity index (χ3v) is 4.57. The van der Waals surface area contributed by atoms with Crippen LogP contribution in [0.3, 0.4) is 0 Å². The fourth-order valence-corrected chi connectivity index (χ4v) is 3.04. The van der Waals surface area contributed by atoms with E-state index in [-0.39, 0.29) is 0 Å². The van der Waals surface area contributed by atoms with Crippen molar-refractivity contribution in [2.45, 2.75) is 13.5 Å². The molecule has 2 heterocycles. The van der Waals surface area contributed by atoms with Crippen LogP contribution < -0.4 is 9.47 Å². The highest BCUT2D eigenvalue weighted by molar-refractivity contribution is 6.30. The van der Waals surface area contributed by atoms with Crippen LogP contribution in [0.1, 0.15) is 11.3 Å². The number of hydrogen-bond donors (Lipinski definition) is 0. The van der Waals surface area contributed by atoms with E-state index < -0.39 is 0 Å². The van der Waals surface area contributed by atoms with E-state index in [1.54, 1.807) is 16.9 Å². The van der Waals surface area contributed by atoms with Crippen molar-refractivity contribution in [2.24, 2.45) is 0 Å². The molecule has 5 nitrogen and oxygen atoms in total. The molecular formula is C22H18ClN3O2. The van der Waals surface area contributed by atoms with Crippen molar-refractivity contribution in [3.8, 4) is 23.1 Å².